The fraction of sp³-hybridized carbons (Fsp3) is 0.179. The van der Waals surface area contributed by atoms with Gasteiger partial charge in [0.05, 0.1) is 25.0 Å². The molecular formula is C28H26BrNO4. The van der Waals surface area contributed by atoms with Crippen LogP contribution in [0.1, 0.15) is 28.5 Å². The van der Waals surface area contributed by atoms with Gasteiger partial charge in [-0.25, -0.2) is 4.79 Å². The lowest BCUT2D eigenvalue weighted by molar-refractivity contribution is 0.0526. The molecule has 0 bridgehead atoms. The van der Waals surface area contributed by atoms with Crippen molar-refractivity contribution in [3.8, 4) is 28.4 Å². The summed E-state index contributed by atoms with van der Waals surface area (Å²) in [5, 5.41) is 0. The third-order valence-electron chi connectivity index (χ3n) is 5.46. The van der Waals surface area contributed by atoms with Gasteiger partial charge in [-0.1, -0.05) is 34.1 Å². The highest BCUT2D eigenvalue weighted by Gasteiger charge is 2.16. The maximum absolute atomic E-state index is 12.3. The van der Waals surface area contributed by atoms with Crippen LogP contribution in [0.3, 0.4) is 0 Å². The van der Waals surface area contributed by atoms with Crippen LogP contribution in [0.4, 0.5) is 0 Å². The van der Waals surface area contributed by atoms with E-state index in [0.29, 0.717) is 18.8 Å². The maximum atomic E-state index is 12.3. The number of benzene rings is 3. The van der Waals surface area contributed by atoms with Crippen molar-refractivity contribution >= 4 is 21.9 Å². The van der Waals surface area contributed by atoms with Crippen molar-refractivity contribution in [2.24, 2.45) is 0 Å². The van der Waals surface area contributed by atoms with Crippen molar-refractivity contribution in [3.05, 3.63) is 100 Å². The highest BCUT2D eigenvalue weighted by atomic mass is 79.9. The van der Waals surface area contributed by atoms with Crippen molar-refractivity contribution in [2.75, 3.05) is 13.7 Å². The molecular weight excluding hydrogens is 494 g/mol. The fourth-order valence-corrected chi connectivity index (χ4v) is 4.15. The second kappa shape index (κ2) is 10.6. The van der Waals surface area contributed by atoms with E-state index in [1.807, 2.05) is 67.6 Å². The minimum atomic E-state index is -0.332. The summed E-state index contributed by atoms with van der Waals surface area (Å²) in [6.07, 6.45) is 0. The molecule has 34 heavy (non-hydrogen) atoms. The molecule has 0 unspecified atom stereocenters. The molecule has 5 nitrogen and oxygen atoms in total. The van der Waals surface area contributed by atoms with Gasteiger partial charge in [-0.2, -0.15) is 0 Å². The number of halogens is 1. The third-order valence-corrected chi connectivity index (χ3v) is 5.96. The van der Waals surface area contributed by atoms with E-state index in [1.165, 1.54) is 0 Å². The van der Waals surface area contributed by atoms with Crippen LogP contribution in [0.5, 0.6) is 11.5 Å². The minimum Gasteiger partial charge on any atom is -0.497 e. The Morgan fingerprint density at radius 3 is 2.50 bits per heavy atom. The second-order valence-electron chi connectivity index (χ2n) is 7.74. The van der Waals surface area contributed by atoms with E-state index in [-0.39, 0.29) is 5.97 Å². The Labute approximate surface area is 208 Å². The lowest BCUT2D eigenvalue weighted by atomic mass is 10.1. The van der Waals surface area contributed by atoms with Gasteiger partial charge < -0.3 is 18.8 Å². The Balaban J connectivity index is 1.70. The van der Waals surface area contributed by atoms with E-state index >= 15 is 0 Å². The number of carbonyl (C=O) groups excluding carboxylic acids is 1. The zero-order valence-corrected chi connectivity index (χ0v) is 21.0. The number of hydrogen-bond acceptors (Lipinski definition) is 4. The molecule has 0 aliphatic rings. The first kappa shape index (κ1) is 23.6. The van der Waals surface area contributed by atoms with Crippen LogP contribution in [0.15, 0.2) is 83.3 Å². The number of rotatable bonds is 8. The standard InChI is InChI=1S/C28H26BrNO4/c1-4-33-28(31)21-6-5-7-23(16-21)30-19(2)8-14-26(30)25-17-22(29)11-15-27(25)34-18-20-9-12-24(32-3)13-10-20/h5-17H,4,18H2,1-3H3. The molecule has 1 aromatic heterocycles. The quantitative estimate of drug-likeness (QED) is 0.235. The number of methoxy groups -OCH3 is 1. The molecule has 6 heteroatoms. The van der Waals surface area contributed by atoms with Crippen molar-refractivity contribution in [2.45, 2.75) is 20.5 Å². The van der Waals surface area contributed by atoms with Crippen molar-refractivity contribution < 1.29 is 19.0 Å². The molecule has 4 rings (SSSR count). The summed E-state index contributed by atoms with van der Waals surface area (Å²) in [5.41, 5.74) is 5.38. The number of ether oxygens (including phenoxy) is 3. The molecule has 0 aliphatic carbocycles. The first-order valence-corrected chi connectivity index (χ1v) is 11.8. The summed E-state index contributed by atoms with van der Waals surface area (Å²) in [6.45, 7) is 4.60. The van der Waals surface area contributed by atoms with E-state index in [0.717, 1.165) is 44.2 Å². The predicted molar refractivity (Wildman–Crippen MR) is 137 cm³/mol. The van der Waals surface area contributed by atoms with Gasteiger partial charge in [0.2, 0.25) is 0 Å². The van der Waals surface area contributed by atoms with E-state index < -0.39 is 0 Å². The van der Waals surface area contributed by atoms with Gasteiger partial charge >= 0.3 is 5.97 Å². The smallest absolute Gasteiger partial charge is 0.338 e. The Morgan fingerprint density at radius 1 is 0.971 bits per heavy atom. The average Bonchev–Trinajstić information content (AvgIpc) is 3.25. The molecule has 174 valence electrons. The van der Waals surface area contributed by atoms with E-state index in [1.54, 1.807) is 20.1 Å². The largest absolute Gasteiger partial charge is 0.497 e. The fourth-order valence-electron chi connectivity index (χ4n) is 3.79. The number of esters is 1. The molecule has 0 atom stereocenters. The first-order valence-electron chi connectivity index (χ1n) is 11.0. The van der Waals surface area contributed by atoms with Crippen molar-refractivity contribution in [1.29, 1.82) is 0 Å². The highest BCUT2D eigenvalue weighted by Crippen LogP contribution is 2.36. The van der Waals surface area contributed by atoms with E-state index in [4.69, 9.17) is 14.2 Å². The van der Waals surface area contributed by atoms with Crippen LogP contribution in [0, 0.1) is 6.92 Å². The van der Waals surface area contributed by atoms with Crippen LogP contribution >= 0.6 is 15.9 Å². The molecule has 1 heterocycles. The van der Waals surface area contributed by atoms with Gasteiger partial charge in [0.25, 0.3) is 0 Å². The summed E-state index contributed by atoms with van der Waals surface area (Å²) in [6, 6.07) is 25.4. The van der Waals surface area contributed by atoms with Crippen molar-refractivity contribution in [3.63, 3.8) is 0 Å². The Hall–Kier alpha value is -3.51. The molecule has 0 saturated heterocycles. The topological polar surface area (TPSA) is 49.7 Å². The maximum Gasteiger partial charge on any atom is 0.338 e. The van der Waals surface area contributed by atoms with E-state index in [9.17, 15) is 4.79 Å². The van der Waals surface area contributed by atoms with Gasteiger partial charge in [0.15, 0.2) is 0 Å². The Morgan fingerprint density at radius 2 is 1.76 bits per heavy atom. The van der Waals surface area contributed by atoms with Crippen LogP contribution in [0.2, 0.25) is 0 Å². The first-order chi connectivity index (χ1) is 16.5. The summed E-state index contributed by atoms with van der Waals surface area (Å²) >= 11 is 3.60. The number of nitrogens with zero attached hydrogens (tertiary/aromatic N) is 1. The lowest BCUT2D eigenvalue weighted by Gasteiger charge is -2.17. The van der Waals surface area contributed by atoms with Crippen LogP contribution < -0.4 is 9.47 Å². The molecule has 0 spiro atoms. The molecule has 3 aromatic carbocycles. The predicted octanol–water partition coefficient (Wildman–Crippen LogP) is 6.98. The SMILES string of the molecule is CCOC(=O)c1cccc(-n2c(C)ccc2-c2cc(Br)ccc2OCc2ccc(OC)cc2)c1. The highest BCUT2D eigenvalue weighted by molar-refractivity contribution is 9.10. The average molecular weight is 520 g/mol. The molecule has 4 aromatic rings. The summed E-state index contributed by atoms with van der Waals surface area (Å²) < 4.78 is 19.7. The molecule has 0 amide bonds. The van der Waals surface area contributed by atoms with E-state index in [2.05, 4.69) is 32.6 Å². The molecule has 0 saturated carbocycles. The summed E-state index contributed by atoms with van der Waals surface area (Å²) in [7, 11) is 1.65. The van der Waals surface area contributed by atoms with Crippen LogP contribution in [0.25, 0.3) is 16.9 Å². The number of hydrogen-bond donors (Lipinski definition) is 0. The zero-order valence-electron chi connectivity index (χ0n) is 19.4. The van der Waals surface area contributed by atoms with Crippen LogP contribution in [-0.4, -0.2) is 24.3 Å². The number of aromatic nitrogens is 1. The summed E-state index contributed by atoms with van der Waals surface area (Å²) in [5.74, 6) is 1.24. The Bertz CT molecular complexity index is 1290. The third kappa shape index (κ3) is 5.18. The van der Waals surface area contributed by atoms with Crippen molar-refractivity contribution in [1.82, 2.24) is 4.57 Å². The molecule has 0 aliphatic heterocycles. The number of carbonyl (C=O) groups is 1. The minimum absolute atomic E-state index is 0.332. The molecule has 0 fully saturated rings. The summed E-state index contributed by atoms with van der Waals surface area (Å²) in [4.78, 5) is 12.3. The van der Waals surface area contributed by atoms with Gasteiger partial charge in [-0.05, 0) is 80.1 Å². The molecule has 0 radical (unpaired) electrons. The lowest BCUT2D eigenvalue weighted by Crippen LogP contribution is -2.07. The van der Waals surface area contributed by atoms with Gasteiger partial charge in [-0.3, -0.25) is 0 Å². The zero-order chi connectivity index (χ0) is 24.1. The van der Waals surface area contributed by atoms with Crippen LogP contribution in [-0.2, 0) is 11.3 Å². The monoisotopic (exact) mass is 519 g/mol. The van der Waals surface area contributed by atoms with Gasteiger partial charge in [0, 0.05) is 21.4 Å². The van der Waals surface area contributed by atoms with Gasteiger partial charge in [0.1, 0.15) is 18.1 Å². The normalized spacial score (nSPS) is 10.7. The number of aryl methyl sites for hydroxylation is 1. The molecule has 0 N–H and O–H groups in total. The Kier molecular flexibility index (Phi) is 7.38. The van der Waals surface area contributed by atoms with Gasteiger partial charge in [-0.15, -0.1) is 0 Å². The second-order valence-corrected chi connectivity index (χ2v) is 8.66.